The third-order valence-electron chi connectivity index (χ3n) is 5.72. The molecule has 0 aromatic carbocycles. The van der Waals surface area contributed by atoms with Crippen molar-refractivity contribution in [1.29, 1.82) is 0 Å². The first-order chi connectivity index (χ1) is 14.7. The van der Waals surface area contributed by atoms with Crippen molar-refractivity contribution in [3.05, 3.63) is 23.9 Å². The molecular weight excluding hydrogens is 505 g/mol. The molecule has 2 heterocycles. The molecular formula is C23H38IN5O2. The van der Waals surface area contributed by atoms with Crippen molar-refractivity contribution < 1.29 is 9.53 Å². The smallest absolute Gasteiger partial charge is 0.222 e. The molecule has 0 bridgehead atoms. The predicted molar refractivity (Wildman–Crippen MR) is 135 cm³/mol. The number of nitrogens with one attached hydrogen (secondary N) is 2. The van der Waals surface area contributed by atoms with E-state index in [1.165, 1.54) is 19.3 Å². The molecule has 2 aliphatic rings. The number of likely N-dealkylation sites (tertiary alicyclic amines) is 1. The molecule has 0 unspecified atom stereocenters. The molecule has 31 heavy (non-hydrogen) atoms. The molecule has 2 fully saturated rings. The number of aliphatic imine (C=N–C) groups is 1. The van der Waals surface area contributed by atoms with Crippen molar-refractivity contribution in [3.63, 3.8) is 0 Å². The molecule has 1 aliphatic heterocycles. The number of guanidine groups is 1. The Hall–Kier alpha value is -1.58. The lowest BCUT2D eigenvalue weighted by atomic mass is 10.2. The van der Waals surface area contributed by atoms with Gasteiger partial charge in [0, 0.05) is 44.9 Å². The van der Waals surface area contributed by atoms with Gasteiger partial charge in [0.15, 0.2) is 5.96 Å². The normalized spacial score (nSPS) is 17.8. The molecule has 1 saturated carbocycles. The van der Waals surface area contributed by atoms with Crippen LogP contribution in [0.25, 0.3) is 0 Å². The third-order valence-corrected chi connectivity index (χ3v) is 5.72. The van der Waals surface area contributed by atoms with Gasteiger partial charge in [-0.2, -0.15) is 0 Å². The van der Waals surface area contributed by atoms with Crippen LogP contribution in [-0.2, 0) is 11.3 Å². The van der Waals surface area contributed by atoms with Crippen LogP contribution in [0.4, 0.5) is 0 Å². The highest BCUT2D eigenvalue weighted by atomic mass is 127. The average Bonchev–Trinajstić information content (AvgIpc) is 3.18. The van der Waals surface area contributed by atoms with E-state index in [0.717, 1.165) is 69.8 Å². The number of nitrogens with zero attached hydrogens (tertiary/aromatic N) is 3. The van der Waals surface area contributed by atoms with Crippen molar-refractivity contribution in [2.45, 2.75) is 77.4 Å². The Morgan fingerprint density at radius 3 is 2.77 bits per heavy atom. The van der Waals surface area contributed by atoms with Crippen molar-refractivity contribution in [2.24, 2.45) is 4.99 Å². The van der Waals surface area contributed by atoms with Gasteiger partial charge in [0.1, 0.15) is 6.10 Å². The average molecular weight is 543 g/mol. The summed E-state index contributed by atoms with van der Waals surface area (Å²) in [6, 6.07) is 3.98. The fraction of sp³-hybridized carbons (Fsp3) is 0.696. The lowest BCUT2D eigenvalue weighted by Crippen LogP contribution is -2.39. The predicted octanol–water partition coefficient (Wildman–Crippen LogP) is 3.87. The largest absolute Gasteiger partial charge is 0.474 e. The topological polar surface area (TPSA) is 78.9 Å². The quantitative estimate of drug-likeness (QED) is 0.214. The molecule has 1 aromatic heterocycles. The summed E-state index contributed by atoms with van der Waals surface area (Å²) in [7, 11) is 0. The van der Waals surface area contributed by atoms with Gasteiger partial charge in [-0.3, -0.25) is 4.79 Å². The molecule has 1 aromatic rings. The molecule has 1 saturated heterocycles. The van der Waals surface area contributed by atoms with Gasteiger partial charge in [-0.1, -0.05) is 12.5 Å². The number of hydrogen-bond donors (Lipinski definition) is 2. The highest BCUT2D eigenvalue weighted by Crippen LogP contribution is 2.22. The zero-order valence-electron chi connectivity index (χ0n) is 18.8. The van der Waals surface area contributed by atoms with E-state index in [0.29, 0.717) is 30.9 Å². The minimum Gasteiger partial charge on any atom is -0.474 e. The van der Waals surface area contributed by atoms with Crippen LogP contribution in [0.2, 0.25) is 0 Å². The van der Waals surface area contributed by atoms with E-state index in [4.69, 9.17) is 4.74 Å². The van der Waals surface area contributed by atoms with E-state index in [9.17, 15) is 4.79 Å². The Morgan fingerprint density at radius 1 is 1.19 bits per heavy atom. The van der Waals surface area contributed by atoms with Crippen molar-refractivity contribution >= 4 is 35.8 Å². The Balaban J connectivity index is 0.00000341. The Kier molecular flexibility index (Phi) is 12.0. The molecule has 3 rings (SSSR count). The van der Waals surface area contributed by atoms with Gasteiger partial charge in [0.25, 0.3) is 0 Å². The van der Waals surface area contributed by atoms with Crippen LogP contribution in [0, 0.1) is 0 Å². The van der Waals surface area contributed by atoms with Gasteiger partial charge >= 0.3 is 0 Å². The Bertz CT molecular complexity index is 677. The number of aromatic nitrogens is 1. The number of halogens is 1. The molecule has 1 aliphatic carbocycles. The van der Waals surface area contributed by atoms with Gasteiger partial charge < -0.3 is 20.3 Å². The van der Waals surface area contributed by atoms with E-state index < -0.39 is 0 Å². The minimum atomic E-state index is 0. The van der Waals surface area contributed by atoms with Gasteiger partial charge in [-0.15, -0.1) is 24.0 Å². The molecule has 0 spiro atoms. The number of carbonyl (C=O) groups is 1. The SMILES string of the molecule is CCNC(=NCc1ccc(OC2CCCC2)nc1)NCCCN1CCCCCC1=O.I. The number of ether oxygens (including phenoxy) is 1. The third kappa shape index (κ3) is 9.21. The molecule has 1 amide bonds. The van der Waals surface area contributed by atoms with Crippen LogP contribution >= 0.6 is 24.0 Å². The van der Waals surface area contributed by atoms with Crippen LogP contribution < -0.4 is 15.4 Å². The molecule has 174 valence electrons. The van der Waals surface area contributed by atoms with Crippen LogP contribution in [-0.4, -0.2) is 54.0 Å². The summed E-state index contributed by atoms with van der Waals surface area (Å²) in [5.41, 5.74) is 1.06. The molecule has 8 heteroatoms. The first-order valence-corrected chi connectivity index (χ1v) is 11.7. The second-order valence-corrected chi connectivity index (χ2v) is 8.20. The van der Waals surface area contributed by atoms with Crippen LogP contribution in [0.15, 0.2) is 23.3 Å². The number of pyridine rings is 1. The van der Waals surface area contributed by atoms with E-state index >= 15 is 0 Å². The molecule has 2 N–H and O–H groups in total. The van der Waals surface area contributed by atoms with E-state index in [1.54, 1.807) is 0 Å². The van der Waals surface area contributed by atoms with Gasteiger partial charge in [-0.25, -0.2) is 9.98 Å². The van der Waals surface area contributed by atoms with Crippen molar-refractivity contribution in [2.75, 3.05) is 26.2 Å². The minimum absolute atomic E-state index is 0. The van der Waals surface area contributed by atoms with Crippen LogP contribution in [0.5, 0.6) is 5.88 Å². The second-order valence-electron chi connectivity index (χ2n) is 8.20. The summed E-state index contributed by atoms with van der Waals surface area (Å²) >= 11 is 0. The van der Waals surface area contributed by atoms with Crippen molar-refractivity contribution in [3.8, 4) is 5.88 Å². The standard InChI is InChI=1S/C23H37N5O2.HI/c1-2-24-23(25-14-8-16-28-15-7-3-4-11-22(28)29)27-18-19-12-13-21(26-17-19)30-20-9-5-6-10-20;/h12-13,17,20H,2-11,14-16,18H2,1H3,(H2,24,25,27);1H. The van der Waals surface area contributed by atoms with Crippen LogP contribution in [0.1, 0.15) is 70.3 Å². The lowest BCUT2D eigenvalue weighted by Gasteiger charge is -2.20. The number of carbonyl (C=O) groups excluding carboxylic acids is 1. The van der Waals surface area contributed by atoms with Gasteiger partial charge in [-0.05, 0) is 57.4 Å². The summed E-state index contributed by atoms with van der Waals surface area (Å²) in [5, 5.41) is 6.66. The van der Waals surface area contributed by atoms with E-state index in [1.807, 2.05) is 23.2 Å². The lowest BCUT2D eigenvalue weighted by molar-refractivity contribution is -0.130. The number of hydrogen-bond acceptors (Lipinski definition) is 4. The number of amides is 1. The highest BCUT2D eigenvalue weighted by molar-refractivity contribution is 14.0. The van der Waals surface area contributed by atoms with Gasteiger partial charge in [0.2, 0.25) is 11.8 Å². The van der Waals surface area contributed by atoms with E-state index in [-0.39, 0.29) is 24.0 Å². The highest BCUT2D eigenvalue weighted by Gasteiger charge is 2.17. The summed E-state index contributed by atoms with van der Waals surface area (Å²) < 4.78 is 5.93. The number of rotatable bonds is 9. The summed E-state index contributed by atoms with van der Waals surface area (Å²) in [6.07, 6.45) is 11.9. The fourth-order valence-corrected chi connectivity index (χ4v) is 4.01. The fourth-order valence-electron chi connectivity index (χ4n) is 4.01. The zero-order chi connectivity index (χ0) is 21.0. The summed E-state index contributed by atoms with van der Waals surface area (Å²) in [5.74, 6) is 1.81. The monoisotopic (exact) mass is 543 g/mol. The maximum absolute atomic E-state index is 12.1. The summed E-state index contributed by atoms with van der Waals surface area (Å²) in [4.78, 5) is 23.2. The molecule has 0 atom stereocenters. The Labute approximate surface area is 203 Å². The zero-order valence-corrected chi connectivity index (χ0v) is 21.1. The molecule has 7 nitrogen and oxygen atoms in total. The van der Waals surface area contributed by atoms with Gasteiger partial charge in [0.05, 0.1) is 6.54 Å². The summed E-state index contributed by atoms with van der Waals surface area (Å²) in [6.45, 7) is 5.95. The molecule has 0 radical (unpaired) electrons. The maximum Gasteiger partial charge on any atom is 0.222 e. The van der Waals surface area contributed by atoms with Crippen LogP contribution in [0.3, 0.4) is 0 Å². The maximum atomic E-state index is 12.1. The first-order valence-electron chi connectivity index (χ1n) is 11.7. The first kappa shape index (κ1) is 25.7. The van der Waals surface area contributed by atoms with Crippen molar-refractivity contribution in [1.82, 2.24) is 20.5 Å². The Morgan fingerprint density at radius 2 is 2.03 bits per heavy atom. The van der Waals surface area contributed by atoms with E-state index in [2.05, 4.69) is 27.5 Å². The second kappa shape index (κ2) is 14.5.